The SMILES string of the molecule is CC(C)OCCOCCOCCOCCOCCOCCOCCOCCOCCOCCOCCOCCNC(=O)OCC1c2ccccc2-c2ccccc21. The third-order valence-electron chi connectivity index (χ3n) is 8.26. The molecular formula is C42H67NO14. The van der Waals surface area contributed by atoms with Gasteiger partial charge in [-0.25, -0.2) is 4.79 Å². The molecule has 15 nitrogen and oxygen atoms in total. The fourth-order valence-electron chi connectivity index (χ4n) is 5.52. The molecule has 57 heavy (non-hydrogen) atoms. The van der Waals surface area contributed by atoms with E-state index in [0.29, 0.717) is 159 Å². The molecule has 1 N–H and O–H groups in total. The van der Waals surface area contributed by atoms with Crippen LogP contribution in [0.25, 0.3) is 11.1 Å². The smallest absolute Gasteiger partial charge is 0.407 e. The van der Waals surface area contributed by atoms with Gasteiger partial charge in [-0.15, -0.1) is 0 Å². The maximum absolute atomic E-state index is 12.3. The monoisotopic (exact) mass is 809 g/mol. The largest absolute Gasteiger partial charge is 0.449 e. The van der Waals surface area contributed by atoms with Crippen LogP contribution in [0.3, 0.4) is 0 Å². The molecule has 0 saturated heterocycles. The van der Waals surface area contributed by atoms with Crippen molar-refractivity contribution in [3.63, 3.8) is 0 Å². The molecule has 1 amide bonds. The van der Waals surface area contributed by atoms with Gasteiger partial charge in [0.25, 0.3) is 0 Å². The Hall–Kier alpha value is -2.77. The van der Waals surface area contributed by atoms with Crippen molar-refractivity contribution in [3.8, 4) is 11.1 Å². The standard InChI is InChI=1S/C42H67NO14/c1-36(2)56-34-33-55-32-31-54-30-29-53-28-27-52-26-25-51-24-23-50-22-21-49-20-19-48-18-17-47-16-15-46-14-13-45-12-11-43-42(44)57-35-41-39-9-5-3-7-37(39)38-8-4-6-10-40(38)41/h3-10,36,41H,11-35H2,1-2H3,(H,43,44). The van der Waals surface area contributed by atoms with Crippen molar-refractivity contribution in [3.05, 3.63) is 59.7 Å². The van der Waals surface area contributed by atoms with E-state index in [1.54, 1.807) is 0 Å². The van der Waals surface area contributed by atoms with Gasteiger partial charge in [0.15, 0.2) is 0 Å². The van der Waals surface area contributed by atoms with Gasteiger partial charge in [-0.2, -0.15) is 0 Å². The molecule has 0 radical (unpaired) electrons. The minimum absolute atomic E-state index is 0.0358. The Bertz CT molecular complexity index is 1210. The summed E-state index contributed by atoms with van der Waals surface area (Å²) in [5, 5.41) is 2.74. The van der Waals surface area contributed by atoms with E-state index < -0.39 is 6.09 Å². The number of hydrogen-bond acceptors (Lipinski definition) is 14. The summed E-state index contributed by atoms with van der Waals surface area (Å²) in [5.41, 5.74) is 4.77. The number of fused-ring (bicyclic) bond motifs is 3. The first-order valence-corrected chi connectivity index (χ1v) is 20.2. The lowest BCUT2D eigenvalue weighted by Gasteiger charge is -2.14. The van der Waals surface area contributed by atoms with Gasteiger partial charge in [0.1, 0.15) is 6.61 Å². The van der Waals surface area contributed by atoms with Crippen LogP contribution in [0.4, 0.5) is 4.79 Å². The maximum atomic E-state index is 12.3. The van der Waals surface area contributed by atoms with Crippen molar-refractivity contribution < 1.29 is 66.4 Å². The second-order valence-electron chi connectivity index (χ2n) is 12.9. The fourth-order valence-corrected chi connectivity index (χ4v) is 5.52. The van der Waals surface area contributed by atoms with E-state index in [2.05, 4.69) is 29.6 Å². The van der Waals surface area contributed by atoms with Gasteiger partial charge >= 0.3 is 6.09 Å². The predicted octanol–water partition coefficient (Wildman–Crippen LogP) is 4.13. The van der Waals surface area contributed by atoms with E-state index in [1.807, 2.05) is 38.1 Å². The summed E-state index contributed by atoms with van der Waals surface area (Å²) >= 11 is 0. The van der Waals surface area contributed by atoms with Crippen molar-refractivity contribution in [1.82, 2.24) is 5.32 Å². The van der Waals surface area contributed by atoms with Crippen molar-refractivity contribution >= 4 is 6.09 Å². The minimum Gasteiger partial charge on any atom is -0.449 e. The number of benzene rings is 2. The molecule has 0 heterocycles. The summed E-state index contributed by atoms with van der Waals surface area (Å²) < 4.78 is 71.3. The number of alkyl carbamates (subject to hydrolysis) is 1. The Morgan fingerprint density at radius 2 is 0.754 bits per heavy atom. The fraction of sp³-hybridized carbons (Fsp3) is 0.690. The highest BCUT2D eigenvalue weighted by Gasteiger charge is 2.28. The van der Waals surface area contributed by atoms with E-state index >= 15 is 0 Å². The van der Waals surface area contributed by atoms with Gasteiger partial charge in [0.2, 0.25) is 0 Å². The zero-order valence-electron chi connectivity index (χ0n) is 34.2. The van der Waals surface area contributed by atoms with Crippen molar-refractivity contribution in [2.24, 2.45) is 0 Å². The summed E-state index contributed by atoms with van der Waals surface area (Å²) in [6, 6.07) is 16.5. The molecule has 2 aromatic rings. The number of rotatable bonds is 39. The van der Waals surface area contributed by atoms with Crippen LogP contribution in [-0.4, -0.2) is 177 Å². The summed E-state index contributed by atoms with van der Waals surface area (Å²) in [4.78, 5) is 12.3. The topological polar surface area (TPSA) is 149 Å². The van der Waals surface area contributed by atoms with Crippen molar-refractivity contribution in [2.45, 2.75) is 25.9 Å². The highest BCUT2D eigenvalue weighted by Crippen LogP contribution is 2.44. The molecule has 15 heteroatoms. The van der Waals surface area contributed by atoms with Gasteiger partial charge in [0.05, 0.1) is 158 Å². The Morgan fingerprint density at radius 1 is 0.456 bits per heavy atom. The first kappa shape index (κ1) is 48.6. The van der Waals surface area contributed by atoms with Crippen LogP contribution in [0.15, 0.2) is 48.5 Å². The molecule has 0 atom stereocenters. The zero-order valence-corrected chi connectivity index (χ0v) is 34.2. The quantitative estimate of drug-likeness (QED) is 0.0965. The number of amides is 1. The lowest BCUT2D eigenvalue weighted by Crippen LogP contribution is -2.29. The van der Waals surface area contributed by atoms with Crippen molar-refractivity contribution in [1.29, 1.82) is 0 Å². The van der Waals surface area contributed by atoms with E-state index in [4.69, 9.17) is 61.6 Å². The van der Waals surface area contributed by atoms with Crippen LogP contribution in [-0.2, 0) is 61.6 Å². The second-order valence-corrected chi connectivity index (χ2v) is 12.9. The molecular weight excluding hydrogens is 742 g/mol. The molecule has 324 valence electrons. The molecule has 1 aliphatic carbocycles. The molecule has 1 aliphatic rings. The maximum Gasteiger partial charge on any atom is 0.407 e. The molecule has 0 fully saturated rings. The summed E-state index contributed by atoms with van der Waals surface area (Å²) in [7, 11) is 0. The van der Waals surface area contributed by atoms with E-state index in [-0.39, 0.29) is 18.6 Å². The third kappa shape index (κ3) is 24.0. The van der Waals surface area contributed by atoms with Crippen LogP contribution in [0.1, 0.15) is 30.9 Å². The summed E-state index contributed by atoms with van der Waals surface area (Å²) in [5.74, 6) is 0.0358. The molecule has 2 aromatic carbocycles. The molecule has 0 aromatic heterocycles. The Kier molecular flexibility index (Phi) is 29.1. The van der Waals surface area contributed by atoms with E-state index in [1.165, 1.54) is 22.3 Å². The first-order valence-electron chi connectivity index (χ1n) is 20.2. The third-order valence-corrected chi connectivity index (χ3v) is 8.26. The molecule has 0 aliphatic heterocycles. The van der Waals surface area contributed by atoms with Gasteiger partial charge in [-0.05, 0) is 36.1 Å². The zero-order chi connectivity index (χ0) is 40.3. The second kappa shape index (κ2) is 34.1. The highest BCUT2D eigenvalue weighted by molar-refractivity contribution is 5.79. The van der Waals surface area contributed by atoms with E-state index in [9.17, 15) is 4.79 Å². The van der Waals surface area contributed by atoms with Gasteiger partial charge in [-0.3, -0.25) is 0 Å². The molecule has 0 spiro atoms. The normalized spacial score (nSPS) is 12.3. The molecule has 0 bridgehead atoms. The van der Waals surface area contributed by atoms with Gasteiger partial charge in [-0.1, -0.05) is 48.5 Å². The van der Waals surface area contributed by atoms with Crippen LogP contribution in [0.5, 0.6) is 0 Å². The Balaban J connectivity index is 0.933. The lowest BCUT2D eigenvalue weighted by molar-refractivity contribution is -0.0292. The van der Waals surface area contributed by atoms with Crippen LogP contribution < -0.4 is 5.32 Å². The number of carbonyl (C=O) groups is 1. The number of nitrogens with one attached hydrogen (secondary N) is 1. The number of ether oxygens (including phenoxy) is 13. The van der Waals surface area contributed by atoms with Crippen LogP contribution >= 0.6 is 0 Å². The average molecular weight is 810 g/mol. The minimum atomic E-state index is -0.453. The van der Waals surface area contributed by atoms with E-state index in [0.717, 1.165) is 0 Å². The number of carbonyl (C=O) groups excluding carboxylic acids is 1. The highest BCUT2D eigenvalue weighted by atomic mass is 16.6. The molecule has 0 unspecified atom stereocenters. The van der Waals surface area contributed by atoms with Gasteiger partial charge in [0, 0.05) is 12.5 Å². The summed E-state index contributed by atoms with van der Waals surface area (Å²) in [6.45, 7) is 16.1. The summed E-state index contributed by atoms with van der Waals surface area (Å²) in [6.07, 6.45) is -0.228. The van der Waals surface area contributed by atoms with Crippen LogP contribution in [0.2, 0.25) is 0 Å². The Labute approximate surface area is 339 Å². The molecule has 0 saturated carbocycles. The van der Waals surface area contributed by atoms with Crippen molar-refractivity contribution in [2.75, 3.05) is 165 Å². The Morgan fingerprint density at radius 3 is 1.09 bits per heavy atom. The predicted molar refractivity (Wildman–Crippen MR) is 213 cm³/mol. The first-order chi connectivity index (χ1) is 28.2. The average Bonchev–Trinajstić information content (AvgIpc) is 3.54. The van der Waals surface area contributed by atoms with Crippen LogP contribution in [0, 0.1) is 0 Å². The number of hydrogen-bond donors (Lipinski definition) is 1. The van der Waals surface area contributed by atoms with Gasteiger partial charge < -0.3 is 66.9 Å². The lowest BCUT2D eigenvalue weighted by atomic mass is 9.98. The molecule has 3 rings (SSSR count).